The van der Waals surface area contributed by atoms with E-state index in [-0.39, 0.29) is 0 Å². The van der Waals surface area contributed by atoms with Crippen molar-refractivity contribution in [1.29, 1.82) is 0 Å². The van der Waals surface area contributed by atoms with Crippen molar-refractivity contribution in [2.45, 2.75) is 0 Å². The van der Waals surface area contributed by atoms with Crippen LogP contribution in [0.3, 0.4) is 0 Å². The zero-order valence-electron chi connectivity index (χ0n) is 4.46. The zero-order chi connectivity index (χ0) is 6.41. The summed E-state index contributed by atoms with van der Waals surface area (Å²) in [4.78, 5) is 10.2. The van der Waals surface area contributed by atoms with E-state index >= 15 is 0 Å². The monoisotopic (exact) mass is 111 g/mol. The lowest BCUT2D eigenvalue weighted by atomic mass is 10.5. The van der Waals surface area contributed by atoms with E-state index in [0.29, 0.717) is 0 Å². The molecule has 2 heteroatoms. The number of carbonyl (C=O) groups excluding carboxylic acids is 1. The Morgan fingerprint density at radius 1 is 1.62 bits per heavy atom. The fourth-order valence-electron chi connectivity index (χ4n) is 0.218. The molecule has 0 aliphatic carbocycles. The molecular formula is C6H7O2. The van der Waals surface area contributed by atoms with Crippen molar-refractivity contribution < 1.29 is 9.53 Å². The van der Waals surface area contributed by atoms with Crippen LogP contribution in [-0.4, -0.2) is 5.97 Å². The summed E-state index contributed by atoms with van der Waals surface area (Å²) < 4.78 is 4.28. The molecule has 43 valence electrons. The zero-order valence-corrected chi connectivity index (χ0v) is 4.46. The van der Waals surface area contributed by atoms with Gasteiger partial charge in [-0.3, -0.25) is 0 Å². The normalized spacial score (nSPS) is 9.12. The molecular weight excluding hydrogens is 104 g/mol. The number of hydrogen-bond acceptors (Lipinski definition) is 2. The first kappa shape index (κ1) is 6.95. The summed E-state index contributed by atoms with van der Waals surface area (Å²) in [7, 11) is 0. The van der Waals surface area contributed by atoms with Gasteiger partial charge in [0.2, 0.25) is 0 Å². The molecule has 0 aliphatic rings. The van der Waals surface area contributed by atoms with Gasteiger partial charge in [-0.1, -0.05) is 12.7 Å². The minimum atomic E-state index is -0.449. The lowest BCUT2D eigenvalue weighted by molar-refractivity contribution is -0.132. The van der Waals surface area contributed by atoms with Crippen molar-refractivity contribution in [3.8, 4) is 0 Å². The van der Waals surface area contributed by atoms with Crippen molar-refractivity contribution in [1.82, 2.24) is 0 Å². The van der Waals surface area contributed by atoms with Gasteiger partial charge < -0.3 is 4.74 Å². The number of rotatable bonds is 2. The lowest BCUT2D eigenvalue weighted by Gasteiger charge is -1.86. The quantitative estimate of drug-likeness (QED) is 0.302. The van der Waals surface area contributed by atoms with Gasteiger partial charge in [-0.05, 0) is 6.92 Å². The van der Waals surface area contributed by atoms with Crippen LogP contribution < -0.4 is 0 Å². The maximum Gasteiger partial charge on any atom is 0.335 e. The molecule has 0 aromatic rings. The Labute approximate surface area is 48.5 Å². The SMILES string of the molecule is [CH2]/C=C/C(=O)OC=C. The molecule has 8 heavy (non-hydrogen) atoms. The molecule has 0 aromatic carbocycles. The van der Waals surface area contributed by atoms with Gasteiger partial charge in [0.25, 0.3) is 0 Å². The molecule has 0 heterocycles. The highest BCUT2D eigenvalue weighted by Crippen LogP contribution is 1.78. The second-order valence-corrected chi connectivity index (χ2v) is 1.01. The molecule has 0 fully saturated rings. The summed E-state index contributed by atoms with van der Waals surface area (Å²) in [5, 5.41) is 0. The molecule has 0 saturated heterocycles. The van der Waals surface area contributed by atoms with Crippen molar-refractivity contribution in [3.05, 3.63) is 31.9 Å². The topological polar surface area (TPSA) is 26.3 Å². The van der Waals surface area contributed by atoms with Gasteiger partial charge in [0.1, 0.15) is 0 Å². The minimum absolute atomic E-state index is 0.449. The predicted octanol–water partition coefficient (Wildman–Crippen LogP) is 1.06. The fraction of sp³-hybridized carbons (Fsp3) is 0. The fourth-order valence-corrected chi connectivity index (χ4v) is 0.218. The summed E-state index contributed by atoms with van der Waals surface area (Å²) in [6.07, 6.45) is 3.63. The summed E-state index contributed by atoms with van der Waals surface area (Å²) >= 11 is 0. The molecule has 0 aliphatic heterocycles. The first-order valence-electron chi connectivity index (χ1n) is 2.08. The van der Waals surface area contributed by atoms with E-state index in [0.717, 1.165) is 6.26 Å². The van der Waals surface area contributed by atoms with E-state index in [2.05, 4.69) is 18.2 Å². The van der Waals surface area contributed by atoms with Crippen LogP contribution in [0.15, 0.2) is 25.0 Å². The van der Waals surface area contributed by atoms with Gasteiger partial charge in [0.05, 0.1) is 6.26 Å². The largest absolute Gasteiger partial charge is 0.432 e. The average Bonchev–Trinajstić information content (AvgIpc) is 1.68. The second-order valence-electron chi connectivity index (χ2n) is 1.01. The number of carbonyl (C=O) groups is 1. The van der Waals surface area contributed by atoms with Crippen LogP contribution >= 0.6 is 0 Å². The van der Waals surface area contributed by atoms with Gasteiger partial charge in [-0.25, -0.2) is 4.79 Å². The van der Waals surface area contributed by atoms with Crippen LogP contribution in [-0.2, 0) is 9.53 Å². The van der Waals surface area contributed by atoms with E-state index in [1.54, 1.807) is 0 Å². The van der Waals surface area contributed by atoms with Crippen LogP contribution in [0.1, 0.15) is 0 Å². The standard InChI is InChI=1S/C6H7O2/c1-3-5-6(7)8-4-2/h3-5H,1-2H2/b5-3+. The van der Waals surface area contributed by atoms with E-state index in [1.165, 1.54) is 12.2 Å². The molecule has 0 atom stereocenters. The minimum Gasteiger partial charge on any atom is -0.432 e. The van der Waals surface area contributed by atoms with Crippen molar-refractivity contribution >= 4 is 5.97 Å². The molecule has 0 spiro atoms. The molecule has 0 N–H and O–H groups in total. The maximum atomic E-state index is 10.2. The van der Waals surface area contributed by atoms with E-state index in [9.17, 15) is 4.79 Å². The molecule has 0 saturated carbocycles. The van der Waals surface area contributed by atoms with Crippen molar-refractivity contribution in [2.75, 3.05) is 0 Å². The summed E-state index contributed by atoms with van der Waals surface area (Å²) in [6, 6.07) is 0. The van der Waals surface area contributed by atoms with Crippen molar-refractivity contribution in [3.63, 3.8) is 0 Å². The van der Waals surface area contributed by atoms with Crippen molar-refractivity contribution in [2.24, 2.45) is 0 Å². The molecule has 0 unspecified atom stereocenters. The highest BCUT2D eigenvalue weighted by Gasteiger charge is 1.86. The number of allylic oxidation sites excluding steroid dienone is 1. The Hall–Kier alpha value is -1.05. The molecule has 0 aromatic heterocycles. The lowest BCUT2D eigenvalue weighted by Crippen LogP contribution is -1.91. The Balaban J connectivity index is 3.48. The Kier molecular flexibility index (Phi) is 3.58. The van der Waals surface area contributed by atoms with Gasteiger partial charge in [-0.2, -0.15) is 0 Å². The number of ether oxygens (including phenoxy) is 1. The average molecular weight is 111 g/mol. The van der Waals surface area contributed by atoms with E-state index in [4.69, 9.17) is 0 Å². The van der Waals surface area contributed by atoms with Crippen LogP contribution in [0, 0.1) is 6.92 Å². The molecule has 2 nitrogen and oxygen atoms in total. The third-order valence-corrected chi connectivity index (χ3v) is 0.453. The molecule has 1 radical (unpaired) electrons. The molecule has 0 rings (SSSR count). The highest BCUT2D eigenvalue weighted by atomic mass is 16.5. The first-order chi connectivity index (χ1) is 3.81. The highest BCUT2D eigenvalue weighted by molar-refractivity contribution is 5.82. The Morgan fingerprint density at radius 2 is 2.25 bits per heavy atom. The van der Waals surface area contributed by atoms with Crippen LogP contribution in [0.5, 0.6) is 0 Å². The summed E-state index contributed by atoms with van der Waals surface area (Å²) in [5.41, 5.74) is 0. The van der Waals surface area contributed by atoms with E-state index < -0.39 is 5.97 Å². The molecule has 0 bridgehead atoms. The Bertz CT molecular complexity index is 114. The maximum absolute atomic E-state index is 10.2. The van der Waals surface area contributed by atoms with Gasteiger partial charge >= 0.3 is 5.97 Å². The third-order valence-electron chi connectivity index (χ3n) is 0.453. The van der Waals surface area contributed by atoms with Crippen LogP contribution in [0.2, 0.25) is 0 Å². The summed E-state index contributed by atoms with van der Waals surface area (Å²) in [5.74, 6) is -0.449. The first-order valence-corrected chi connectivity index (χ1v) is 2.08. The smallest absolute Gasteiger partial charge is 0.335 e. The third kappa shape index (κ3) is 3.15. The number of hydrogen-bond donors (Lipinski definition) is 0. The number of esters is 1. The van der Waals surface area contributed by atoms with Crippen LogP contribution in [0.4, 0.5) is 0 Å². The van der Waals surface area contributed by atoms with Gasteiger partial charge in [0.15, 0.2) is 0 Å². The van der Waals surface area contributed by atoms with E-state index in [1.807, 2.05) is 0 Å². The van der Waals surface area contributed by atoms with Gasteiger partial charge in [0, 0.05) is 6.08 Å². The predicted molar refractivity (Wildman–Crippen MR) is 30.8 cm³/mol. The van der Waals surface area contributed by atoms with Gasteiger partial charge in [-0.15, -0.1) is 0 Å². The Morgan fingerprint density at radius 3 is 2.62 bits per heavy atom. The summed E-state index contributed by atoms with van der Waals surface area (Å²) in [6.45, 7) is 6.48. The molecule has 0 amide bonds. The van der Waals surface area contributed by atoms with Crippen LogP contribution in [0.25, 0.3) is 0 Å². The second kappa shape index (κ2) is 4.12.